The smallest absolute Gasteiger partial charge is 0.353 e. The summed E-state index contributed by atoms with van der Waals surface area (Å²) in [5, 5.41) is 9.47. The molecule has 0 heterocycles. The number of Topliss-reactive ketones (excluding diaryl/α,β-unsaturated/α-hetero) is 1. The lowest BCUT2D eigenvalue weighted by Crippen LogP contribution is -2.38. The van der Waals surface area contributed by atoms with Crippen molar-refractivity contribution in [2.75, 3.05) is 11.9 Å². The average Bonchev–Trinajstić information content (AvgIpc) is 2.60. The fourth-order valence-corrected chi connectivity index (χ4v) is 2.76. The number of nitriles is 1. The molecule has 142 valence electrons. The fourth-order valence-electron chi connectivity index (χ4n) is 2.76. The Morgan fingerprint density at radius 2 is 1.59 bits per heavy atom. The molecular formula is C21H21F3N2O. The van der Waals surface area contributed by atoms with Crippen LogP contribution in [-0.2, 0) is 11.6 Å². The van der Waals surface area contributed by atoms with Crippen molar-refractivity contribution in [3.05, 3.63) is 65.2 Å². The van der Waals surface area contributed by atoms with Gasteiger partial charge in [-0.3, -0.25) is 4.79 Å². The molecule has 0 bridgehead atoms. The zero-order valence-corrected chi connectivity index (χ0v) is 15.6. The fraction of sp³-hybridized carbons (Fsp3) is 0.333. The van der Waals surface area contributed by atoms with Crippen molar-refractivity contribution in [1.82, 2.24) is 0 Å². The van der Waals surface area contributed by atoms with Crippen LogP contribution in [0, 0.1) is 11.3 Å². The molecule has 0 aromatic heterocycles. The maximum absolute atomic E-state index is 13.2. The lowest BCUT2D eigenvalue weighted by Gasteiger charge is -2.26. The summed E-state index contributed by atoms with van der Waals surface area (Å²) in [6, 6.07) is 12.3. The summed E-state index contributed by atoms with van der Waals surface area (Å²) in [5.74, 6) is -0.882. The number of hydrogen-bond acceptors (Lipinski definition) is 3. The van der Waals surface area contributed by atoms with Crippen LogP contribution in [0.4, 0.5) is 18.9 Å². The van der Waals surface area contributed by atoms with Crippen LogP contribution in [0.2, 0.25) is 0 Å². The van der Waals surface area contributed by atoms with Crippen molar-refractivity contribution in [2.45, 2.75) is 38.4 Å². The van der Waals surface area contributed by atoms with Gasteiger partial charge in [0.05, 0.1) is 11.6 Å². The summed E-state index contributed by atoms with van der Waals surface area (Å²) in [6.07, 6.45) is -4.67. The summed E-state index contributed by atoms with van der Waals surface area (Å²) in [5.41, 5.74) is 0.0449. The van der Waals surface area contributed by atoms with E-state index in [1.165, 1.54) is 24.1 Å². The standard InChI is InChI=1S/C21H21F3N2O/c1-20(2,3)14-9-11-15(12-10-14)26(4)18(13-25)19(27)16-7-5-6-8-17(16)21(22,23)24/h5-12,18H,1-4H3. The first-order chi connectivity index (χ1) is 12.5. The molecule has 0 N–H and O–H groups in total. The molecule has 0 aliphatic heterocycles. The van der Waals surface area contributed by atoms with Crippen LogP contribution in [0.15, 0.2) is 48.5 Å². The number of ketones is 1. The quantitative estimate of drug-likeness (QED) is 0.690. The van der Waals surface area contributed by atoms with Crippen LogP contribution in [0.5, 0.6) is 0 Å². The third-order valence-corrected chi connectivity index (χ3v) is 4.40. The van der Waals surface area contributed by atoms with E-state index < -0.39 is 29.1 Å². The average molecular weight is 374 g/mol. The maximum atomic E-state index is 13.2. The van der Waals surface area contributed by atoms with Crippen molar-refractivity contribution in [3.63, 3.8) is 0 Å². The Bertz CT molecular complexity index is 859. The van der Waals surface area contributed by atoms with Gasteiger partial charge in [-0.15, -0.1) is 0 Å². The minimum absolute atomic E-state index is 0.0623. The molecule has 0 aliphatic carbocycles. The molecule has 2 aromatic rings. The van der Waals surface area contributed by atoms with E-state index in [1.54, 1.807) is 12.1 Å². The first-order valence-electron chi connectivity index (χ1n) is 8.40. The Morgan fingerprint density at radius 1 is 1.04 bits per heavy atom. The molecule has 0 amide bonds. The summed E-state index contributed by atoms with van der Waals surface area (Å²) in [6.45, 7) is 6.17. The Hall–Kier alpha value is -2.81. The number of likely N-dealkylation sites (N-methyl/N-ethyl adjacent to an activating group) is 1. The monoisotopic (exact) mass is 374 g/mol. The van der Waals surface area contributed by atoms with Gasteiger partial charge in [-0.05, 0) is 29.2 Å². The second-order valence-electron chi connectivity index (χ2n) is 7.35. The predicted molar refractivity (Wildman–Crippen MR) is 98.7 cm³/mol. The minimum atomic E-state index is -4.67. The molecule has 0 spiro atoms. The maximum Gasteiger partial charge on any atom is 0.417 e. The highest BCUT2D eigenvalue weighted by atomic mass is 19.4. The van der Waals surface area contributed by atoms with Gasteiger partial charge in [0.15, 0.2) is 11.8 Å². The third kappa shape index (κ3) is 4.48. The van der Waals surface area contributed by atoms with E-state index in [2.05, 4.69) is 20.8 Å². The first kappa shape index (κ1) is 20.5. The van der Waals surface area contributed by atoms with E-state index in [0.29, 0.717) is 5.69 Å². The van der Waals surface area contributed by atoms with E-state index in [4.69, 9.17) is 0 Å². The van der Waals surface area contributed by atoms with E-state index in [0.717, 1.165) is 17.7 Å². The molecule has 2 aromatic carbocycles. The Kier molecular flexibility index (Phi) is 5.65. The van der Waals surface area contributed by atoms with Gasteiger partial charge in [0.25, 0.3) is 0 Å². The Labute approximate surface area is 157 Å². The number of benzene rings is 2. The number of carbonyl (C=O) groups is 1. The largest absolute Gasteiger partial charge is 0.417 e. The zero-order valence-electron chi connectivity index (χ0n) is 15.6. The van der Waals surface area contributed by atoms with Crippen molar-refractivity contribution in [2.24, 2.45) is 0 Å². The summed E-state index contributed by atoms with van der Waals surface area (Å²) in [7, 11) is 1.52. The van der Waals surface area contributed by atoms with Gasteiger partial charge in [-0.1, -0.05) is 51.1 Å². The predicted octanol–water partition coefficient (Wildman–Crippen LogP) is 5.21. The van der Waals surface area contributed by atoms with Crippen LogP contribution in [0.25, 0.3) is 0 Å². The van der Waals surface area contributed by atoms with E-state index in [9.17, 15) is 23.2 Å². The number of nitrogens with zero attached hydrogens (tertiary/aromatic N) is 2. The number of alkyl halides is 3. The molecule has 0 radical (unpaired) electrons. The second kappa shape index (κ2) is 7.43. The number of carbonyl (C=O) groups excluding carboxylic acids is 1. The molecule has 0 saturated heterocycles. The van der Waals surface area contributed by atoms with Crippen molar-refractivity contribution >= 4 is 11.5 Å². The van der Waals surface area contributed by atoms with Crippen LogP contribution < -0.4 is 4.90 Å². The van der Waals surface area contributed by atoms with Crippen LogP contribution in [0.3, 0.4) is 0 Å². The van der Waals surface area contributed by atoms with E-state index >= 15 is 0 Å². The highest BCUT2D eigenvalue weighted by Crippen LogP contribution is 2.33. The molecule has 0 fully saturated rings. The second-order valence-corrected chi connectivity index (χ2v) is 7.35. The number of halogens is 3. The number of hydrogen-bond donors (Lipinski definition) is 0. The molecule has 3 nitrogen and oxygen atoms in total. The SMILES string of the molecule is CN(c1ccc(C(C)(C)C)cc1)C(C#N)C(=O)c1ccccc1C(F)(F)F. The molecule has 2 rings (SSSR count). The van der Waals surface area contributed by atoms with Gasteiger partial charge in [0.1, 0.15) is 0 Å². The minimum Gasteiger partial charge on any atom is -0.353 e. The highest BCUT2D eigenvalue weighted by molar-refractivity contribution is 6.05. The molecule has 27 heavy (non-hydrogen) atoms. The van der Waals surface area contributed by atoms with Gasteiger partial charge < -0.3 is 4.90 Å². The molecule has 0 aliphatic rings. The normalized spacial score (nSPS) is 13.0. The van der Waals surface area contributed by atoms with Crippen LogP contribution in [0.1, 0.15) is 42.3 Å². The topological polar surface area (TPSA) is 44.1 Å². The molecular weight excluding hydrogens is 353 g/mol. The molecule has 0 saturated carbocycles. The highest BCUT2D eigenvalue weighted by Gasteiger charge is 2.37. The zero-order chi connectivity index (χ0) is 20.4. The van der Waals surface area contributed by atoms with Crippen molar-refractivity contribution < 1.29 is 18.0 Å². The lowest BCUT2D eigenvalue weighted by atomic mass is 9.87. The van der Waals surface area contributed by atoms with Gasteiger partial charge in [0, 0.05) is 18.3 Å². The number of anilines is 1. The summed E-state index contributed by atoms with van der Waals surface area (Å²) in [4.78, 5) is 14.1. The van der Waals surface area contributed by atoms with Gasteiger partial charge in [-0.2, -0.15) is 18.4 Å². The summed E-state index contributed by atoms with van der Waals surface area (Å²) >= 11 is 0. The van der Waals surface area contributed by atoms with Gasteiger partial charge >= 0.3 is 6.18 Å². The van der Waals surface area contributed by atoms with Crippen molar-refractivity contribution in [3.8, 4) is 6.07 Å². The first-order valence-corrected chi connectivity index (χ1v) is 8.40. The molecule has 1 atom stereocenters. The van der Waals surface area contributed by atoms with Gasteiger partial charge in [0.2, 0.25) is 0 Å². The van der Waals surface area contributed by atoms with Crippen molar-refractivity contribution in [1.29, 1.82) is 5.26 Å². The number of rotatable bonds is 4. The van der Waals surface area contributed by atoms with Crippen LogP contribution >= 0.6 is 0 Å². The summed E-state index contributed by atoms with van der Waals surface area (Å²) < 4.78 is 39.6. The Balaban J connectivity index is 2.37. The van der Waals surface area contributed by atoms with E-state index in [-0.39, 0.29) is 5.41 Å². The van der Waals surface area contributed by atoms with E-state index in [1.807, 2.05) is 18.2 Å². The molecule has 6 heteroatoms. The third-order valence-electron chi connectivity index (χ3n) is 4.40. The Morgan fingerprint density at radius 3 is 2.07 bits per heavy atom. The lowest BCUT2D eigenvalue weighted by molar-refractivity contribution is -0.137. The van der Waals surface area contributed by atoms with Crippen LogP contribution in [-0.4, -0.2) is 18.9 Å². The van der Waals surface area contributed by atoms with Gasteiger partial charge in [-0.25, -0.2) is 0 Å². The molecule has 1 unspecified atom stereocenters.